The highest BCUT2D eigenvalue weighted by Crippen LogP contribution is 1.92. The molecule has 0 aromatic carbocycles. The minimum absolute atomic E-state index is 0.293. The first-order chi connectivity index (χ1) is 4.76. The van der Waals surface area contributed by atoms with Crippen molar-refractivity contribution in [1.29, 1.82) is 5.41 Å². The van der Waals surface area contributed by atoms with Gasteiger partial charge in [-0.1, -0.05) is 6.08 Å². The molecule has 0 saturated heterocycles. The van der Waals surface area contributed by atoms with Gasteiger partial charge in [-0.05, 0) is 13.8 Å². The van der Waals surface area contributed by atoms with Crippen LogP contribution in [0.5, 0.6) is 0 Å². The summed E-state index contributed by atoms with van der Waals surface area (Å²) in [4.78, 5) is 10.8. The van der Waals surface area contributed by atoms with E-state index in [4.69, 9.17) is 5.41 Å². The lowest BCUT2D eigenvalue weighted by Crippen LogP contribution is -2.07. The van der Waals surface area contributed by atoms with Gasteiger partial charge in [0.2, 0.25) is 0 Å². The fraction of sp³-hybridized carbons (Fsp3) is 0.429. The highest BCUT2D eigenvalue weighted by Gasteiger charge is 2.03. The van der Waals surface area contributed by atoms with Crippen LogP contribution in [0, 0.1) is 5.41 Å². The number of esters is 1. The molecule has 0 aliphatic heterocycles. The Kier molecular flexibility index (Phi) is 4.20. The highest BCUT2D eigenvalue weighted by atomic mass is 16.5. The van der Waals surface area contributed by atoms with Gasteiger partial charge in [0.25, 0.3) is 0 Å². The second-order valence-electron chi connectivity index (χ2n) is 1.61. The van der Waals surface area contributed by atoms with Gasteiger partial charge in [-0.2, -0.15) is 0 Å². The molecule has 0 aromatic heterocycles. The summed E-state index contributed by atoms with van der Waals surface area (Å²) in [5.74, 6) is -0.431. The molecule has 56 valence electrons. The number of rotatable bonds is 3. The molecule has 0 aromatic rings. The van der Waals surface area contributed by atoms with E-state index in [9.17, 15) is 4.79 Å². The van der Waals surface area contributed by atoms with Crippen molar-refractivity contribution in [3.63, 3.8) is 0 Å². The van der Waals surface area contributed by atoms with Crippen molar-refractivity contribution in [1.82, 2.24) is 0 Å². The van der Waals surface area contributed by atoms with Crippen LogP contribution in [-0.4, -0.2) is 18.8 Å². The molecule has 0 fully saturated rings. The Morgan fingerprint density at radius 2 is 2.30 bits per heavy atom. The Morgan fingerprint density at radius 3 is 2.60 bits per heavy atom. The van der Waals surface area contributed by atoms with Gasteiger partial charge < -0.3 is 10.1 Å². The average molecular weight is 141 g/mol. The fourth-order valence-electron chi connectivity index (χ4n) is 0.475. The second kappa shape index (κ2) is 4.73. The van der Waals surface area contributed by atoms with E-state index in [-0.39, 0.29) is 0 Å². The normalized spacial score (nSPS) is 10.8. The molecule has 0 atom stereocenters. The molecule has 1 N–H and O–H groups in total. The first-order valence-electron chi connectivity index (χ1n) is 3.10. The number of carbonyl (C=O) groups is 1. The van der Waals surface area contributed by atoms with Crippen LogP contribution >= 0.6 is 0 Å². The molecular formula is C7H11NO2. The summed E-state index contributed by atoms with van der Waals surface area (Å²) >= 11 is 0. The first kappa shape index (κ1) is 8.88. The van der Waals surface area contributed by atoms with E-state index in [1.165, 1.54) is 0 Å². The summed E-state index contributed by atoms with van der Waals surface area (Å²) in [6, 6.07) is 0. The van der Waals surface area contributed by atoms with Gasteiger partial charge >= 0.3 is 5.97 Å². The van der Waals surface area contributed by atoms with Crippen LogP contribution in [0.2, 0.25) is 0 Å². The SMILES string of the molecule is C/C=C(\C=N)C(=O)OCC. The molecular weight excluding hydrogens is 130 g/mol. The van der Waals surface area contributed by atoms with Crippen LogP contribution in [0.25, 0.3) is 0 Å². The Bertz CT molecular complexity index is 161. The molecule has 0 heterocycles. The van der Waals surface area contributed by atoms with E-state index in [1.54, 1.807) is 19.9 Å². The summed E-state index contributed by atoms with van der Waals surface area (Å²) in [5.41, 5.74) is 0.293. The minimum Gasteiger partial charge on any atom is -0.462 e. The molecule has 3 heteroatoms. The molecule has 0 aliphatic carbocycles. The number of allylic oxidation sites excluding steroid dienone is 1. The Morgan fingerprint density at radius 1 is 1.70 bits per heavy atom. The molecule has 10 heavy (non-hydrogen) atoms. The lowest BCUT2D eigenvalue weighted by molar-refractivity contribution is -0.137. The highest BCUT2D eigenvalue weighted by molar-refractivity contribution is 6.08. The van der Waals surface area contributed by atoms with E-state index in [1.807, 2.05) is 0 Å². The summed E-state index contributed by atoms with van der Waals surface area (Å²) in [7, 11) is 0. The van der Waals surface area contributed by atoms with E-state index >= 15 is 0 Å². The molecule has 0 rings (SSSR count). The van der Waals surface area contributed by atoms with E-state index in [0.717, 1.165) is 6.21 Å². The number of hydrogen-bond acceptors (Lipinski definition) is 3. The molecule has 0 amide bonds. The van der Waals surface area contributed by atoms with E-state index in [2.05, 4.69) is 4.74 Å². The summed E-state index contributed by atoms with van der Waals surface area (Å²) in [5, 5.41) is 6.77. The van der Waals surface area contributed by atoms with Gasteiger partial charge in [0.05, 0.1) is 12.2 Å². The monoisotopic (exact) mass is 141 g/mol. The van der Waals surface area contributed by atoms with Gasteiger partial charge in [-0.25, -0.2) is 4.79 Å². The predicted octanol–water partition coefficient (Wildman–Crippen LogP) is 1.15. The van der Waals surface area contributed by atoms with Gasteiger partial charge in [-0.15, -0.1) is 0 Å². The lowest BCUT2D eigenvalue weighted by Gasteiger charge is -1.98. The molecule has 3 nitrogen and oxygen atoms in total. The van der Waals surface area contributed by atoms with E-state index in [0.29, 0.717) is 12.2 Å². The fourth-order valence-corrected chi connectivity index (χ4v) is 0.475. The zero-order valence-corrected chi connectivity index (χ0v) is 6.18. The predicted molar refractivity (Wildman–Crippen MR) is 39.2 cm³/mol. The minimum atomic E-state index is -0.431. The maximum absolute atomic E-state index is 10.8. The van der Waals surface area contributed by atoms with Gasteiger partial charge in [-0.3, -0.25) is 0 Å². The maximum Gasteiger partial charge on any atom is 0.339 e. The third kappa shape index (κ3) is 2.44. The topological polar surface area (TPSA) is 50.2 Å². The van der Waals surface area contributed by atoms with Gasteiger partial charge in [0.1, 0.15) is 0 Å². The summed E-state index contributed by atoms with van der Waals surface area (Å²) in [6.07, 6.45) is 2.53. The molecule has 0 spiro atoms. The third-order valence-electron chi connectivity index (χ3n) is 0.978. The van der Waals surface area contributed by atoms with Crippen LogP contribution < -0.4 is 0 Å². The van der Waals surface area contributed by atoms with Crippen LogP contribution in [0.15, 0.2) is 11.6 Å². The van der Waals surface area contributed by atoms with Crippen molar-refractivity contribution < 1.29 is 9.53 Å². The van der Waals surface area contributed by atoms with Gasteiger partial charge in [0.15, 0.2) is 0 Å². The molecule has 0 radical (unpaired) electrons. The largest absolute Gasteiger partial charge is 0.462 e. The zero-order chi connectivity index (χ0) is 7.98. The van der Waals surface area contributed by atoms with E-state index < -0.39 is 5.97 Å². The Balaban J connectivity index is 4.04. The molecule has 0 bridgehead atoms. The summed E-state index contributed by atoms with van der Waals surface area (Å²) in [6.45, 7) is 3.77. The Hall–Kier alpha value is -1.12. The number of ether oxygens (including phenoxy) is 1. The van der Waals surface area contributed by atoms with Crippen LogP contribution in [-0.2, 0) is 9.53 Å². The zero-order valence-electron chi connectivity index (χ0n) is 6.18. The number of nitrogens with one attached hydrogen (secondary N) is 1. The van der Waals surface area contributed by atoms with Crippen molar-refractivity contribution in [2.75, 3.05) is 6.61 Å². The van der Waals surface area contributed by atoms with Crippen molar-refractivity contribution in [3.05, 3.63) is 11.6 Å². The van der Waals surface area contributed by atoms with Crippen molar-refractivity contribution >= 4 is 12.2 Å². The molecule has 0 unspecified atom stereocenters. The van der Waals surface area contributed by atoms with Crippen LogP contribution in [0.1, 0.15) is 13.8 Å². The lowest BCUT2D eigenvalue weighted by atomic mass is 10.3. The first-order valence-corrected chi connectivity index (χ1v) is 3.10. The molecule has 0 saturated carbocycles. The van der Waals surface area contributed by atoms with Crippen molar-refractivity contribution in [2.45, 2.75) is 13.8 Å². The second-order valence-corrected chi connectivity index (χ2v) is 1.61. The van der Waals surface area contributed by atoms with Gasteiger partial charge in [0, 0.05) is 6.21 Å². The average Bonchev–Trinajstić information content (AvgIpc) is 1.91. The van der Waals surface area contributed by atoms with Crippen molar-refractivity contribution in [2.24, 2.45) is 0 Å². The standard InChI is InChI=1S/C7H11NO2/c1-3-6(5-8)7(9)10-4-2/h3,5,8H,4H2,1-2H3/b6-3+,8-5?. The number of hydrogen-bond donors (Lipinski definition) is 1. The van der Waals surface area contributed by atoms with Crippen LogP contribution in [0.4, 0.5) is 0 Å². The number of carbonyl (C=O) groups excluding carboxylic acids is 1. The Labute approximate surface area is 60.2 Å². The third-order valence-corrected chi connectivity index (χ3v) is 0.978. The maximum atomic E-state index is 10.8. The van der Waals surface area contributed by atoms with Crippen LogP contribution in [0.3, 0.4) is 0 Å². The summed E-state index contributed by atoms with van der Waals surface area (Å²) < 4.78 is 4.63. The van der Waals surface area contributed by atoms with Crippen molar-refractivity contribution in [3.8, 4) is 0 Å². The quantitative estimate of drug-likeness (QED) is 0.364. The molecule has 0 aliphatic rings. The smallest absolute Gasteiger partial charge is 0.339 e.